The summed E-state index contributed by atoms with van der Waals surface area (Å²) >= 11 is 0. The molecule has 13 heavy (non-hydrogen) atoms. The zero-order valence-electron chi connectivity index (χ0n) is 7.17. The third-order valence-corrected chi connectivity index (χ3v) is 3.12. The molecule has 2 aliphatic rings. The molecular weight excluding hydrogens is 177 g/mol. The Balaban J connectivity index is 2.19. The number of nitrogens with zero attached hydrogens (tertiary/aromatic N) is 1. The van der Waals surface area contributed by atoms with Crippen LogP contribution in [0.15, 0.2) is 0 Å². The molecule has 0 aromatic rings. The fourth-order valence-corrected chi connectivity index (χ4v) is 2.44. The molecule has 0 aromatic heterocycles. The van der Waals surface area contributed by atoms with Gasteiger partial charge in [-0.3, -0.25) is 4.90 Å². The van der Waals surface area contributed by atoms with Crippen LogP contribution >= 0.6 is 0 Å². The van der Waals surface area contributed by atoms with Crippen molar-refractivity contribution >= 4 is 0 Å². The molecule has 0 aliphatic carbocycles. The van der Waals surface area contributed by atoms with E-state index >= 15 is 0 Å². The van der Waals surface area contributed by atoms with Gasteiger partial charge in [0.15, 0.2) is 0 Å². The molecule has 0 saturated carbocycles. The highest BCUT2D eigenvalue weighted by atomic mass is 19.1. The Bertz CT molecular complexity index is 204. The van der Waals surface area contributed by atoms with Crippen molar-refractivity contribution in [3.8, 4) is 0 Å². The summed E-state index contributed by atoms with van der Waals surface area (Å²) in [7, 11) is 0. The molecule has 0 radical (unpaired) electrons. The van der Waals surface area contributed by atoms with E-state index in [0.717, 1.165) is 0 Å². The first kappa shape index (κ1) is 9.33. The third-order valence-electron chi connectivity index (χ3n) is 3.12. The van der Waals surface area contributed by atoms with E-state index in [0.29, 0.717) is 13.0 Å². The number of hydrogen-bond acceptors (Lipinski definition) is 4. The predicted octanol–water partition coefficient (Wildman–Crippen LogP) is -1.50. The SMILES string of the molecule is OC[C@H]1[C@H](F)[C@@H](O)[C@H]2[C@H](O)CCN21. The highest BCUT2D eigenvalue weighted by Gasteiger charge is 2.53. The van der Waals surface area contributed by atoms with Gasteiger partial charge >= 0.3 is 0 Å². The van der Waals surface area contributed by atoms with Crippen LogP contribution in [0.4, 0.5) is 4.39 Å². The number of rotatable bonds is 1. The minimum atomic E-state index is -1.44. The van der Waals surface area contributed by atoms with E-state index in [1.165, 1.54) is 0 Å². The van der Waals surface area contributed by atoms with Crippen molar-refractivity contribution in [3.63, 3.8) is 0 Å². The number of aliphatic hydroxyl groups excluding tert-OH is 3. The van der Waals surface area contributed by atoms with Gasteiger partial charge in [0.1, 0.15) is 12.3 Å². The lowest BCUT2D eigenvalue weighted by molar-refractivity contribution is 0.0337. The van der Waals surface area contributed by atoms with Crippen molar-refractivity contribution in [2.75, 3.05) is 13.2 Å². The fourth-order valence-electron chi connectivity index (χ4n) is 2.44. The van der Waals surface area contributed by atoms with Crippen molar-refractivity contribution in [2.45, 2.75) is 36.9 Å². The van der Waals surface area contributed by atoms with E-state index in [4.69, 9.17) is 5.11 Å². The van der Waals surface area contributed by atoms with Gasteiger partial charge in [0.05, 0.1) is 24.8 Å². The molecule has 5 heteroatoms. The summed E-state index contributed by atoms with van der Waals surface area (Å²) < 4.78 is 13.3. The minimum Gasteiger partial charge on any atom is -0.395 e. The molecule has 0 bridgehead atoms. The summed E-state index contributed by atoms with van der Waals surface area (Å²) in [6.07, 6.45) is -2.71. The number of halogens is 1. The Morgan fingerprint density at radius 3 is 2.69 bits per heavy atom. The summed E-state index contributed by atoms with van der Waals surface area (Å²) in [5.41, 5.74) is 0. The van der Waals surface area contributed by atoms with E-state index in [9.17, 15) is 14.6 Å². The largest absolute Gasteiger partial charge is 0.395 e. The maximum Gasteiger partial charge on any atom is 0.145 e. The summed E-state index contributed by atoms with van der Waals surface area (Å²) in [5, 5.41) is 27.8. The molecule has 2 fully saturated rings. The van der Waals surface area contributed by atoms with Crippen molar-refractivity contribution in [3.05, 3.63) is 0 Å². The second-order valence-corrected chi connectivity index (χ2v) is 3.77. The molecule has 76 valence electrons. The lowest BCUT2D eigenvalue weighted by atomic mass is 10.0. The van der Waals surface area contributed by atoms with Crippen molar-refractivity contribution in [1.29, 1.82) is 0 Å². The Morgan fingerprint density at radius 1 is 1.38 bits per heavy atom. The zero-order chi connectivity index (χ0) is 9.59. The molecule has 3 N–H and O–H groups in total. The number of alkyl halides is 1. The van der Waals surface area contributed by atoms with Gasteiger partial charge in [-0.25, -0.2) is 4.39 Å². The van der Waals surface area contributed by atoms with Gasteiger partial charge in [-0.1, -0.05) is 0 Å². The van der Waals surface area contributed by atoms with Crippen LogP contribution in [0.5, 0.6) is 0 Å². The normalized spacial score (nSPS) is 51.2. The average molecular weight is 191 g/mol. The van der Waals surface area contributed by atoms with Crippen LogP contribution in [0.25, 0.3) is 0 Å². The predicted molar refractivity (Wildman–Crippen MR) is 42.9 cm³/mol. The molecule has 2 heterocycles. The highest BCUT2D eigenvalue weighted by molar-refractivity contribution is 5.07. The van der Waals surface area contributed by atoms with E-state index in [1.807, 2.05) is 0 Å². The molecule has 4 nitrogen and oxygen atoms in total. The maximum absolute atomic E-state index is 13.3. The number of fused-ring (bicyclic) bond motifs is 1. The van der Waals surface area contributed by atoms with Crippen LogP contribution in [0, 0.1) is 0 Å². The fraction of sp³-hybridized carbons (Fsp3) is 1.00. The average Bonchev–Trinajstić information content (AvgIpc) is 2.57. The third kappa shape index (κ3) is 1.19. The Kier molecular flexibility index (Phi) is 2.27. The molecule has 0 amide bonds. The van der Waals surface area contributed by atoms with Crippen molar-refractivity contribution in [2.24, 2.45) is 0 Å². The van der Waals surface area contributed by atoms with Gasteiger partial charge in [-0.2, -0.15) is 0 Å². The lowest BCUT2D eigenvalue weighted by Crippen LogP contribution is -2.39. The molecule has 0 spiro atoms. The standard InChI is InChI=1S/C8H14FNO3/c9-6-4(3-11)10-2-1-5(12)7(10)8(6)13/h4-8,11-13H,1-3H2/t4-,5+,6-,7+,8+/m0/s1. The lowest BCUT2D eigenvalue weighted by Gasteiger charge is -2.22. The van der Waals surface area contributed by atoms with Crippen molar-refractivity contribution in [1.82, 2.24) is 4.90 Å². The summed E-state index contributed by atoms with van der Waals surface area (Å²) in [5.74, 6) is 0. The van der Waals surface area contributed by atoms with Gasteiger partial charge in [0.2, 0.25) is 0 Å². The Morgan fingerprint density at radius 2 is 2.08 bits per heavy atom. The van der Waals surface area contributed by atoms with Gasteiger partial charge in [0, 0.05) is 6.54 Å². The first-order chi connectivity index (χ1) is 6.16. The van der Waals surface area contributed by atoms with Gasteiger partial charge in [-0.15, -0.1) is 0 Å². The number of aliphatic hydroxyl groups is 3. The molecule has 2 aliphatic heterocycles. The first-order valence-electron chi connectivity index (χ1n) is 4.53. The Labute approximate surface area is 75.6 Å². The summed E-state index contributed by atoms with van der Waals surface area (Å²) in [4.78, 5) is 1.67. The van der Waals surface area contributed by atoms with Crippen LogP contribution in [0.1, 0.15) is 6.42 Å². The molecule has 2 saturated heterocycles. The van der Waals surface area contributed by atoms with E-state index in [-0.39, 0.29) is 6.61 Å². The van der Waals surface area contributed by atoms with Gasteiger partial charge in [0.25, 0.3) is 0 Å². The van der Waals surface area contributed by atoms with E-state index in [2.05, 4.69) is 0 Å². The van der Waals surface area contributed by atoms with Crippen LogP contribution in [-0.2, 0) is 0 Å². The van der Waals surface area contributed by atoms with E-state index < -0.39 is 30.5 Å². The highest BCUT2D eigenvalue weighted by Crippen LogP contribution is 2.34. The topological polar surface area (TPSA) is 63.9 Å². The molecule has 2 rings (SSSR count). The second kappa shape index (κ2) is 3.16. The maximum atomic E-state index is 13.3. The van der Waals surface area contributed by atoms with Crippen LogP contribution < -0.4 is 0 Å². The van der Waals surface area contributed by atoms with Gasteiger partial charge in [-0.05, 0) is 6.42 Å². The molecule has 5 atom stereocenters. The Hall–Kier alpha value is -0.230. The number of hydrogen-bond donors (Lipinski definition) is 3. The smallest absolute Gasteiger partial charge is 0.145 e. The molecule has 0 unspecified atom stereocenters. The van der Waals surface area contributed by atoms with Crippen LogP contribution in [-0.4, -0.2) is 63.8 Å². The van der Waals surface area contributed by atoms with Crippen LogP contribution in [0.2, 0.25) is 0 Å². The molecule has 0 aromatic carbocycles. The quantitative estimate of drug-likeness (QED) is 0.472. The van der Waals surface area contributed by atoms with Gasteiger partial charge < -0.3 is 15.3 Å². The van der Waals surface area contributed by atoms with E-state index in [1.54, 1.807) is 4.90 Å². The summed E-state index contributed by atoms with van der Waals surface area (Å²) in [6.45, 7) is 0.246. The monoisotopic (exact) mass is 191 g/mol. The zero-order valence-corrected chi connectivity index (χ0v) is 7.17. The molecular formula is C8H14FNO3. The summed E-state index contributed by atoms with van der Waals surface area (Å²) in [6, 6.07) is -1.16. The van der Waals surface area contributed by atoms with Crippen LogP contribution in [0.3, 0.4) is 0 Å². The minimum absolute atomic E-state index is 0.304. The second-order valence-electron chi connectivity index (χ2n) is 3.77. The first-order valence-corrected chi connectivity index (χ1v) is 4.53. The van der Waals surface area contributed by atoms with Crippen molar-refractivity contribution < 1.29 is 19.7 Å².